The first-order valence-electron chi connectivity index (χ1n) is 7.72. The number of aliphatic hydroxyl groups excluding tert-OH is 1. The minimum atomic E-state index is -0.453. The van der Waals surface area contributed by atoms with Crippen molar-refractivity contribution in [3.63, 3.8) is 0 Å². The molecule has 2 amide bonds. The molecule has 2 aliphatic rings. The normalized spacial score (nSPS) is 25.6. The molecule has 1 aromatic carbocycles. The second-order valence-corrected chi connectivity index (χ2v) is 5.98. The van der Waals surface area contributed by atoms with Crippen molar-refractivity contribution in [3.05, 3.63) is 24.3 Å². The Morgan fingerprint density at radius 1 is 1.35 bits per heavy atom. The number of β-amino-alcohol motifs (C(OH)–C–C–N with tert-alkyl or cyclic N) is 1. The summed E-state index contributed by atoms with van der Waals surface area (Å²) in [7, 11) is 1.83. The van der Waals surface area contributed by atoms with Crippen LogP contribution in [0.3, 0.4) is 0 Å². The van der Waals surface area contributed by atoms with Crippen LogP contribution >= 0.6 is 0 Å². The van der Waals surface area contributed by atoms with Crippen molar-refractivity contribution in [2.75, 3.05) is 36.5 Å². The summed E-state index contributed by atoms with van der Waals surface area (Å²) in [5, 5.41) is 12.5. The van der Waals surface area contributed by atoms with Crippen molar-refractivity contribution < 1.29 is 19.4 Å². The lowest BCUT2D eigenvalue weighted by molar-refractivity contribution is -0.125. The number of aliphatic hydroxyl groups is 1. The van der Waals surface area contributed by atoms with Crippen LogP contribution in [0.4, 0.5) is 11.4 Å². The van der Waals surface area contributed by atoms with Gasteiger partial charge in [-0.2, -0.15) is 0 Å². The summed E-state index contributed by atoms with van der Waals surface area (Å²) in [5.74, 6) is -0.186. The van der Waals surface area contributed by atoms with Crippen LogP contribution < -0.4 is 10.2 Å². The lowest BCUT2D eigenvalue weighted by atomic mass is 10.1. The van der Waals surface area contributed by atoms with E-state index in [1.54, 1.807) is 17.0 Å². The van der Waals surface area contributed by atoms with E-state index >= 15 is 0 Å². The molecule has 0 radical (unpaired) electrons. The van der Waals surface area contributed by atoms with E-state index in [0.29, 0.717) is 31.8 Å². The van der Waals surface area contributed by atoms with Gasteiger partial charge in [0.1, 0.15) is 6.61 Å². The number of nitrogens with zero attached hydrogens (tertiary/aromatic N) is 2. The Morgan fingerprint density at radius 2 is 2.09 bits per heavy atom. The predicted molar refractivity (Wildman–Crippen MR) is 87.9 cm³/mol. The summed E-state index contributed by atoms with van der Waals surface area (Å²) in [6.45, 7) is 1.68. The number of hydrogen-bond acceptors (Lipinski definition) is 5. The molecular weight excluding hydrogens is 297 g/mol. The van der Waals surface area contributed by atoms with Crippen molar-refractivity contribution in [1.29, 1.82) is 0 Å². The first kappa shape index (κ1) is 16.0. The molecule has 2 aliphatic heterocycles. The largest absolute Gasteiger partial charge is 0.392 e. The van der Waals surface area contributed by atoms with Gasteiger partial charge in [0.15, 0.2) is 7.98 Å². The highest BCUT2D eigenvalue weighted by molar-refractivity contribution is 6.08. The highest BCUT2D eigenvalue weighted by Crippen LogP contribution is 2.21. The van der Waals surface area contributed by atoms with Crippen LogP contribution in [0, 0.1) is 0 Å². The number of rotatable bonds is 3. The number of hydrogen-bond donors (Lipinski definition) is 2. The minimum absolute atomic E-state index is 0.0606. The van der Waals surface area contributed by atoms with Gasteiger partial charge in [-0.1, -0.05) is 0 Å². The Balaban J connectivity index is 1.63. The number of nitrogens with one attached hydrogen (secondary N) is 1. The lowest BCUT2D eigenvalue weighted by Crippen LogP contribution is -2.41. The number of anilines is 2. The summed E-state index contributed by atoms with van der Waals surface area (Å²) in [4.78, 5) is 27.6. The third-order valence-electron chi connectivity index (χ3n) is 4.26. The smallest absolute Gasteiger partial charge is 0.253 e. The summed E-state index contributed by atoms with van der Waals surface area (Å²) < 4.78 is 5.11. The van der Waals surface area contributed by atoms with E-state index in [-0.39, 0.29) is 24.5 Å². The fraction of sp³-hybridized carbons (Fsp3) is 0.467. The monoisotopic (exact) mass is 317 g/mol. The van der Waals surface area contributed by atoms with Crippen molar-refractivity contribution in [2.45, 2.75) is 18.6 Å². The molecule has 2 fully saturated rings. The molecule has 0 aromatic heterocycles. The molecule has 2 saturated heterocycles. The average molecular weight is 317 g/mol. The van der Waals surface area contributed by atoms with Crippen molar-refractivity contribution in [1.82, 2.24) is 4.81 Å². The van der Waals surface area contributed by atoms with E-state index in [4.69, 9.17) is 4.74 Å². The summed E-state index contributed by atoms with van der Waals surface area (Å²) in [6.07, 6.45) is -0.00616. The maximum Gasteiger partial charge on any atom is 0.253 e. The second-order valence-electron chi connectivity index (χ2n) is 5.98. The summed E-state index contributed by atoms with van der Waals surface area (Å²) >= 11 is 0. The second kappa shape index (κ2) is 6.70. The van der Waals surface area contributed by atoms with E-state index in [1.807, 2.05) is 24.9 Å². The van der Waals surface area contributed by atoms with Gasteiger partial charge in [-0.3, -0.25) is 9.59 Å². The Kier molecular flexibility index (Phi) is 4.65. The van der Waals surface area contributed by atoms with E-state index in [9.17, 15) is 14.7 Å². The molecular formula is C15H20BN3O4. The molecule has 0 spiro atoms. The van der Waals surface area contributed by atoms with Gasteiger partial charge >= 0.3 is 0 Å². The molecule has 1 aromatic rings. The van der Waals surface area contributed by atoms with Crippen molar-refractivity contribution >= 4 is 31.2 Å². The van der Waals surface area contributed by atoms with Crippen LogP contribution in [0.15, 0.2) is 24.3 Å². The van der Waals surface area contributed by atoms with Crippen LogP contribution in [0.25, 0.3) is 0 Å². The van der Waals surface area contributed by atoms with Crippen LogP contribution in [0.2, 0.25) is 0 Å². The number of carbonyl (C=O) groups excluding carboxylic acids is 2. The Bertz CT molecular complexity index is 595. The van der Waals surface area contributed by atoms with E-state index in [0.717, 1.165) is 5.69 Å². The molecule has 2 N–H and O–H groups in total. The average Bonchev–Trinajstić information content (AvgIpc) is 2.87. The van der Waals surface area contributed by atoms with Gasteiger partial charge in [-0.15, -0.1) is 0 Å². The van der Waals surface area contributed by atoms with Gasteiger partial charge < -0.3 is 24.9 Å². The van der Waals surface area contributed by atoms with E-state index in [2.05, 4.69) is 5.32 Å². The summed E-state index contributed by atoms with van der Waals surface area (Å²) in [5.41, 5.74) is 1.47. The van der Waals surface area contributed by atoms with Gasteiger partial charge in [-0.05, 0) is 30.7 Å². The van der Waals surface area contributed by atoms with Gasteiger partial charge in [0, 0.05) is 24.5 Å². The Hall–Kier alpha value is -1.90. The molecule has 7 nitrogen and oxygen atoms in total. The van der Waals surface area contributed by atoms with Crippen LogP contribution in [-0.2, 0) is 14.3 Å². The SMILES string of the molecule is BN1C[C@H](O)C[C@@H]1C(=O)Nc1ccc(N2CCOCC2=O)cc1. The Morgan fingerprint density at radius 3 is 2.70 bits per heavy atom. The predicted octanol–water partition coefficient (Wildman–Crippen LogP) is -1.03. The fourth-order valence-electron chi connectivity index (χ4n) is 3.02. The fourth-order valence-corrected chi connectivity index (χ4v) is 3.02. The van der Waals surface area contributed by atoms with Gasteiger partial charge in [0.2, 0.25) is 5.91 Å². The van der Waals surface area contributed by atoms with Crippen LogP contribution in [0.5, 0.6) is 0 Å². The number of carbonyl (C=O) groups is 2. The topological polar surface area (TPSA) is 82.1 Å². The number of benzene rings is 1. The highest BCUT2D eigenvalue weighted by Gasteiger charge is 2.32. The standard InChI is InChI=1S/C15H20BN3O4/c16-19-8-12(20)7-13(19)15(22)17-10-1-3-11(4-2-10)18-5-6-23-9-14(18)21/h1-4,12-13,20H,5-9,16H2,(H,17,22)/t12-,13-/m1/s1. The van der Waals surface area contributed by atoms with Crippen LogP contribution in [0.1, 0.15) is 6.42 Å². The van der Waals surface area contributed by atoms with Crippen LogP contribution in [-0.4, -0.2) is 68.2 Å². The molecule has 8 heteroatoms. The van der Waals surface area contributed by atoms with Gasteiger partial charge in [0.05, 0.1) is 18.8 Å². The first-order chi connectivity index (χ1) is 11.0. The highest BCUT2D eigenvalue weighted by atomic mass is 16.5. The maximum atomic E-state index is 12.3. The van der Waals surface area contributed by atoms with Gasteiger partial charge in [0.25, 0.3) is 5.91 Å². The zero-order chi connectivity index (χ0) is 16.4. The van der Waals surface area contributed by atoms with Crippen molar-refractivity contribution in [2.24, 2.45) is 0 Å². The number of ether oxygens (including phenoxy) is 1. The Labute approximate surface area is 135 Å². The van der Waals surface area contributed by atoms with E-state index in [1.165, 1.54) is 0 Å². The number of amides is 2. The molecule has 0 bridgehead atoms. The third kappa shape index (κ3) is 3.55. The molecule has 0 saturated carbocycles. The quantitative estimate of drug-likeness (QED) is 0.697. The van der Waals surface area contributed by atoms with Crippen molar-refractivity contribution in [3.8, 4) is 0 Å². The maximum absolute atomic E-state index is 12.3. The molecule has 2 atom stereocenters. The molecule has 122 valence electrons. The zero-order valence-electron chi connectivity index (χ0n) is 13.1. The molecule has 23 heavy (non-hydrogen) atoms. The van der Waals surface area contributed by atoms with Gasteiger partial charge in [-0.25, -0.2) is 0 Å². The molecule has 0 unspecified atom stereocenters. The minimum Gasteiger partial charge on any atom is -0.392 e. The molecule has 0 aliphatic carbocycles. The third-order valence-corrected chi connectivity index (χ3v) is 4.26. The van der Waals surface area contributed by atoms with E-state index < -0.39 is 6.10 Å². The first-order valence-corrected chi connectivity index (χ1v) is 7.72. The summed E-state index contributed by atoms with van der Waals surface area (Å²) in [6, 6.07) is 6.87. The molecule has 3 rings (SSSR count). The molecule has 2 heterocycles. The zero-order valence-corrected chi connectivity index (χ0v) is 13.1. The number of morpholine rings is 1. The lowest BCUT2D eigenvalue weighted by Gasteiger charge is -2.27.